The number of ether oxygens (including phenoxy) is 2. The van der Waals surface area contributed by atoms with E-state index in [0.717, 1.165) is 13.1 Å². The Morgan fingerprint density at radius 2 is 2.10 bits per heavy atom. The van der Waals surface area contributed by atoms with Crippen molar-refractivity contribution >= 4 is 11.9 Å². The van der Waals surface area contributed by atoms with E-state index in [1.165, 1.54) is 0 Å². The minimum Gasteiger partial charge on any atom is -0.481 e. The van der Waals surface area contributed by atoms with E-state index in [1.807, 2.05) is 11.8 Å². The van der Waals surface area contributed by atoms with Crippen LogP contribution in [-0.2, 0) is 9.53 Å². The monoisotopic (exact) mass is 294 g/mol. The van der Waals surface area contributed by atoms with Gasteiger partial charge in [0, 0.05) is 45.0 Å². The second-order valence-corrected chi connectivity index (χ2v) is 4.71. The van der Waals surface area contributed by atoms with Gasteiger partial charge < -0.3 is 19.3 Å². The number of piperazine rings is 1. The van der Waals surface area contributed by atoms with Crippen LogP contribution in [0.1, 0.15) is 13.3 Å². The molecule has 0 aromatic carbocycles. The van der Waals surface area contributed by atoms with Crippen molar-refractivity contribution in [2.24, 2.45) is 0 Å². The summed E-state index contributed by atoms with van der Waals surface area (Å²) in [4.78, 5) is 24.5. The minimum atomic E-state index is 0.148. The zero-order valence-corrected chi connectivity index (χ0v) is 12.6. The molecule has 0 spiro atoms. The standard InChI is InChI=1S/C14H22N4O3/c1-3-21-11-5-13(19)17-7-9-18(10-8-17)14-15-6-4-12(16-14)20-2/h4,6H,3,5,7-11H2,1-2H3. The van der Waals surface area contributed by atoms with E-state index < -0.39 is 0 Å². The summed E-state index contributed by atoms with van der Waals surface area (Å²) in [5, 5.41) is 0. The van der Waals surface area contributed by atoms with E-state index in [2.05, 4.69) is 14.9 Å². The lowest BCUT2D eigenvalue weighted by molar-refractivity contribution is -0.132. The molecule has 1 fully saturated rings. The van der Waals surface area contributed by atoms with Gasteiger partial charge in [0.15, 0.2) is 0 Å². The van der Waals surface area contributed by atoms with Crippen LogP contribution in [0.3, 0.4) is 0 Å². The lowest BCUT2D eigenvalue weighted by Gasteiger charge is -2.34. The first kappa shape index (κ1) is 15.5. The molecule has 1 aromatic rings. The SMILES string of the molecule is CCOCCC(=O)N1CCN(c2nccc(OC)n2)CC1. The summed E-state index contributed by atoms with van der Waals surface area (Å²) in [5.74, 6) is 1.35. The lowest BCUT2D eigenvalue weighted by atomic mass is 10.3. The number of hydrogen-bond donors (Lipinski definition) is 0. The van der Waals surface area contributed by atoms with Gasteiger partial charge in [-0.15, -0.1) is 0 Å². The fraction of sp³-hybridized carbons (Fsp3) is 0.643. The van der Waals surface area contributed by atoms with E-state index in [4.69, 9.17) is 9.47 Å². The average Bonchev–Trinajstić information content (AvgIpc) is 2.55. The molecule has 7 nitrogen and oxygen atoms in total. The second kappa shape index (κ2) is 7.78. The van der Waals surface area contributed by atoms with Crippen molar-refractivity contribution in [3.05, 3.63) is 12.3 Å². The van der Waals surface area contributed by atoms with E-state index in [9.17, 15) is 4.79 Å². The molecule has 1 saturated heterocycles. The number of anilines is 1. The summed E-state index contributed by atoms with van der Waals surface area (Å²) in [7, 11) is 1.58. The smallest absolute Gasteiger partial charge is 0.228 e. The van der Waals surface area contributed by atoms with Crippen LogP contribution in [0.5, 0.6) is 5.88 Å². The van der Waals surface area contributed by atoms with Gasteiger partial charge >= 0.3 is 0 Å². The predicted octanol–water partition coefficient (Wildman–Crippen LogP) is 0.560. The summed E-state index contributed by atoms with van der Waals surface area (Å²) in [5.41, 5.74) is 0. The van der Waals surface area contributed by atoms with Crippen LogP contribution < -0.4 is 9.64 Å². The van der Waals surface area contributed by atoms with E-state index in [0.29, 0.717) is 44.6 Å². The van der Waals surface area contributed by atoms with Crippen molar-refractivity contribution in [3.63, 3.8) is 0 Å². The molecule has 1 aromatic heterocycles. The topological polar surface area (TPSA) is 67.8 Å². The van der Waals surface area contributed by atoms with Gasteiger partial charge in [-0.2, -0.15) is 4.98 Å². The number of methoxy groups -OCH3 is 1. The number of aromatic nitrogens is 2. The van der Waals surface area contributed by atoms with Crippen LogP contribution in [0.25, 0.3) is 0 Å². The number of carbonyl (C=O) groups is 1. The summed E-state index contributed by atoms with van der Waals surface area (Å²) in [6.45, 7) is 5.90. The molecule has 0 bridgehead atoms. The Kier molecular flexibility index (Phi) is 5.74. The Hall–Kier alpha value is -1.89. The normalized spacial score (nSPS) is 15.1. The van der Waals surface area contributed by atoms with Gasteiger partial charge in [0.05, 0.1) is 20.1 Å². The molecule has 0 unspecified atom stereocenters. The first-order chi connectivity index (χ1) is 10.2. The van der Waals surface area contributed by atoms with Gasteiger partial charge in [-0.3, -0.25) is 4.79 Å². The van der Waals surface area contributed by atoms with Crippen molar-refractivity contribution in [1.82, 2.24) is 14.9 Å². The molecule has 116 valence electrons. The fourth-order valence-electron chi connectivity index (χ4n) is 2.22. The van der Waals surface area contributed by atoms with Crippen molar-refractivity contribution in [3.8, 4) is 5.88 Å². The van der Waals surface area contributed by atoms with E-state index in [1.54, 1.807) is 19.4 Å². The molecule has 21 heavy (non-hydrogen) atoms. The second-order valence-electron chi connectivity index (χ2n) is 4.71. The average molecular weight is 294 g/mol. The quantitative estimate of drug-likeness (QED) is 0.714. The van der Waals surface area contributed by atoms with Crippen molar-refractivity contribution in [1.29, 1.82) is 0 Å². The Morgan fingerprint density at radius 3 is 2.76 bits per heavy atom. The van der Waals surface area contributed by atoms with Crippen LogP contribution in [0.4, 0.5) is 5.95 Å². The van der Waals surface area contributed by atoms with E-state index >= 15 is 0 Å². The van der Waals surface area contributed by atoms with Gasteiger partial charge in [-0.05, 0) is 6.92 Å². The van der Waals surface area contributed by atoms with Crippen molar-refractivity contribution in [2.45, 2.75) is 13.3 Å². The number of hydrogen-bond acceptors (Lipinski definition) is 6. The van der Waals surface area contributed by atoms with Gasteiger partial charge in [-0.1, -0.05) is 0 Å². The third kappa shape index (κ3) is 4.29. The molecule has 0 saturated carbocycles. The van der Waals surface area contributed by atoms with E-state index in [-0.39, 0.29) is 5.91 Å². The highest BCUT2D eigenvalue weighted by molar-refractivity contribution is 5.76. The molecule has 1 amide bonds. The van der Waals surface area contributed by atoms with Gasteiger partial charge in [-0.25, -0.2) is 4.98 Å². The highest BCUT2D eigenvalue weighted by Crippen LogP contribution is 2.14. The fourth-order valence-corrected chi connectivity index (χ4v) is 2.22. The number of carbonyl (C=O) groups excluding carboxylic acids is 1. The Labute approximate surface area is 124 Å². The highest BCUT2D eigenvalue weighted by atomic mass is 16.5. The molecule has 7 heteroatoms. The molecule has 0 atom stereocenters. The Morgan fingerprint density at radius 1 is 1.33 bits per heavy atom. The summed E-state index contributed by atoms with van der Waals surface area (Å²) in [6, 6.07) is 1.72. The molecular weight excluding hydrogens is 272 g/mol. The van der Waals surface area contributed by atoms with Crippen molar-refractivity contribution < 1.29 is 14.3 Å². The van der Waals surface area contributed by atoms with Crippen LogP contribution in [0.15, 0.2) is 12.3 Å². The number of nitrogens with zero attached hydrogens (tertiary/aromatic N) is 4. The summed E-state index contributed by atoms with van der Waals surface area (Å²) < 4.78 is 10.3. The minimum absolute atomic E-state index is 0.148. The molecule has 0 radical (unpaired) electrons. The van der Waals surface area contributed by atoms with Gasteiger partial charge in [0.2, 0.25) is 17.7 Å². The largest absolute Gasteiger partial charge is 0.481 e. The maximum absolute atomic E-state index is 12.0. The third-order valence-electron chi connectivity index (χ3n) is 3.41. The molecule has 1 aliphatic heterocycles. The van der Waals surface area contributed by atoms with Crippen LogP contribution in [0, 0.1) is 0 Å². The first-order valence-electron chi connectivity index (χ1n) is 7.22. The predicted molar refractivity (Wildman–Crippen MR) is 78.5 cm³/mol. The maximum Gasteiger partial charge on any atom is 0.228 e. The van der Waals surface area contributed by atoms with Crippen molar-refractivity contribution in [2.75, 3.05) is 51.4 Å². The lowest BCUT2D eigenvalue weighted by Crippen LogP contribution is -2.49. The molecule has 2 rings (SSSR count). The van der Waals surface area contributed by atoms with Crippen LogP contribution in [-0.4, -0.2) is 67.3 Å². The first-order valence-corrected chi connectivity index (χ1v) is 7.22. The van der Waals surface area contributed by atoms with Gasteiger partial charge in [0.1, 0.15) is 0 Å². The van der Waals surface area contributed by atoms with Crippen LogP contribution >= 0.6 is 0 Å². The Bertz CT molecular complexity index is 461. The highest BCUT2D eigenvalue weighted by Gasteiger charge is 2.22. The molecule has 0 aliphatic carbocycles. The molecular formula is C14H22N4O3. The summed E-state index contributed by atoms with van der Waals surface area (Å²) >= 11 is 0. The zero-order chi connectivity index (χ0) is 15.1. The zero-order valence-electron chi connectivity index (χ0n) is 12.6. The number of rotatable bonds is 6. The Balaban J connectivity index is 1.83. The maximum atomic E-state index is 12.0. The molecule has 2 heterocycles. The molecule has 0 N–H and O–H groups in total. The number of amides is 1. The van der Waals surface area contributed by atoms with Gasteiger partial charge in [0.25, 0.3) is 0 Å². The van der Waals surface area contributed by atoms with Crippen LogP contribution in [0.2, 0.25) is 0 Å². The third-order valence-corrected chi connectivity index (χ3v) is 3.41. The summed E-state index contributed by atoms with van der Waals surface area (Å²) in [6.07, 6.45) is 2.13. The molecule has 1 aliphatic rings.